The van der Waals surface area contributed by atoms with Crippen molar-refractivity contribution >= 4 is 27.7 Å². The summed E-state index contributed by atoms with van der Waals surface area (Å²) in [6, 6.07) is 0. The van der Waals surface area contributed by atoms with Gasteiger partial charge in [-0.2, -0.15) is 0 Å². The van der Waals surface area contributed by atoms with Crippen molar-refractivity contribution in [1.82, 2.24) is 5.32 Å². The van der Waals surface area contributed by atoms with Crippen molar-refractivity contribution in [3.05, 3.63) is 5.88 Å². The quantitative estimate of drug-likeness (QED) is 0.543. The van der Waals surface area contributed by atoms with Crippen LogP contribution in [-0.4, -0.2) is 10.7 Å². The molecule has 1 aliphatic rings. The van der Waals surface area contributed by atoms with E-state index in [2.05, 4.69) is 21.2 Å². The van der Waals surface area contributed by atoms with E-state index in [1.807, 2.05) is 5.88 Å². The van der Waals surface area contributed by atoms with Gasteiger partial charge in [-0.15, -0.1) is 11.8 Å². The van der Waals surface area contributed by atoms with E-state index >= 15 is 0 Å². The van der Waals surface area contributed by atoms with Crippen molar-refractivity contribution in [3.8, 4) is 0 Å². The van der Waals surface area contributed by atoms with E-state index in [9.17, 15) is 0 Å². The molecule has 1 heterocycles. The fourth-order valence-electron chi connectivity index (χ4n) is 0.311. The second-order valence-electron chi connectivity index (χ2n) is 1.07. The van der Waals surface area contributed by atoms with E-state index in [-0.39, 0.29) is 0 Å². The largest absolute Gasteiger partial charge is 0.301 e. The molecule has 35 valence electrons. The Balaban J connectivity index is 2.18. The van der Waals surface area contributed by atoms with E-state index in [1.54, 1.807) is 11.8 Å². The summed E-state index contributed by atoms with van der Waals surface area (Å²) in [5, 5.41) is 3.06. The lowest BCUT2D eigenvalue weighted by atomic mass is 10.8. The molecule has 1 atom stereocenters. The summed E-state index contributed by atoms with van der Waals surface area (Å²) >= 11 is 5.19. The Morgan fingerprint density at radius 3 is 3.00 bits per heavy atom. The standard InChI is InChI=1S/C3H5BrNS/c4-3-1-5-2-6-3/h2-3,5H,1H2. The molecule has 1 aliphatic heterocycles. The molecule has 0 spiro atoms. The van der Waals surface area contributed by atoms with Crippen molar-refractivity contribution < 1.29 is 0 Å². The minimum absolute atomic E-state index is 0.609. The average molecular weight is 167 g/mol. The van der Waals surface area contributed by atoms with Crippen LogP contribution in [0.2, 0.25) is 0 Å². The molecule has 1 rings (SSSR count). The summed E-state index contributed by atoms with van der Waals surface area (Å²) in [6.45, 7) is 1.06. The average Bonchev–Trinajstić information content (AvgIpc) is 1.86. The van der Waals surface area contributed by atoms with Gasteiger partial charge in [0.1, 0.15) is 0 Å². The first-order valence-corrected chi connectivity index (χ1v) is 3.60. The van der Waals surface area contributed by atoms with Crippen LogP contribution in [0.1, 0.15) is 0 Å². The predicted molar refractivity (Wildman–Crippen MR) is 32.6 cm³/mol. The van der Waals surface area contributed by atoms with Gasteiger partial charge in [-0.05, 0) is 0 Å². The second-order valence-corrected chi connectivity index (χ2v) is 3.86. The monoisotopic (exact) mass is 166 g/mol. The van der Waals surface area contributed by atoms with Crippen molar-refractivity contribution in [2.75, 3.05) is 6.54 Å². The Morgan fingerprint density at radius 2 is 2.83 bits per heavy atom. The van der Waals surface area contributed by atoms with Crippen LogP contribution in [0.4, 0.5) is 0 Å². The van der Waals surface area contributed by atoms with Crippen LogP contribution in [0, 0.1) is 5.88 Å². The van der Waals surface area contributed by atoms with E-state index < -0.39 is 0 Å². The van der Waals surface area contributed by atoms with Crippen LogP contribution >= 0.6 is 27.7 Å². The van der Waals surface area contributed by atoms with Gasteiger partial charge in [0.25, 0.3) is 0 Å². The van der Waals surface area contributed by atoms with Crippen molar-refractivity contribution in [2.24, 2.45) is 0 Å². The van der Waals surface area contributed by atoms with E-state index in [0.29, 0.717) is 4.16 Å². The molecular weight excluding hydrogens is 162 g/mol. The maximum Gasteiger partial charge on any atom is 0.0795 e. The van der Waals surface area contributed by atoms with Crippen LogP contribution in [-0.2, 0) is 0 Å². The zero-order valence-corrected chi connectivity index (χ0v) is 5.55. The third kappa shape index (κ3) is 1.13. The van der Waals surface area contributed by atoms with Crippen molar-refractivity contribution in [1.29, 1.82) is 0 Å². The van der Waals surface area contributed by atoms with Gasteiger partial charge in [-0.3, -0.25) is 0 Å². The van der Waals surface area contributed by atoms with Gasteiger partial charge >= 0.3 is 0 Å². The molecule has 1 nitrogen and oxygen atoms in total. The SMILES string of the molecule is BrC1CN[CH]S1. The zero-order valence-electron chi connectivity index (χ0n) is 3.15. The first kappa shape index (κ1) is 4.94. The highest BCUT2D eigenvalue weighted by atomic mass is 79.9. The maximum absolute atomic E-state index is 3.41. The third-order valence-electron chi connectivity index (χ3n) is 0.577. The smallest absolute Gasteiger partial charge is 0.0795 e. The summed E-state index contributed by atoms with van der Waals surface area (Å²) in [7, 11) is 0. The molecule has 1 N–H and O–H groups in total. The lowest BCUT2D eigenvalue weighted by molar-refractivity contribution is 0.928. The number of nitrogens with one attached hydrogen (secondary N) is 1. The highest BCUT2D eigenvalue weighted by Crippen LogP contribution is 2.22. The first-order chi connectivity index (χ1) is 2.89. The van der Waals surface area contributed by atoms with Crippen LogP contribution in [0.25, 0.3) is 0 Å². The summed E-state index contributed by atoms with van der Waals surface area (Å²) in [6.07, 6.45) is 0. The number of thioether (sulfide) groups is 1. The molecule has 0 saturated carbocycles. The maximum atomic E-state index is 3.41. The topological polar surface area (TPSA) is 12.0 Å². The molecule has 0 aromatic rings. The fourth-order valence-corrected chi connectivity index (χ4v) is 1.35. The van der Waals surface area contributed by atoms with Crippen LogP contribution in [0.5, 0.6) is 0 Å². The van der Waals surface area contributed by atoms with Crippen molar-refractivity contribution in [3.63, 3.8) is 0 Å². The molecule has 0 bridgehead atoms. The normalized spacial score (nSPS) is 34.5. The zero-order chi connectivity index (χ0) is 4.41. The molecule has 0 aromatic heterocycles. The molecule has 1 fully saturated rings. The van der Waals surface area contributed by atoms with E-state index in [4.69, 9.17) is 0 Å². The summed E-state index contributed by atoms with van der Waals surface area (Å²) < 4.78 is 0.609. The Morgan fingerprint density at radius 1 is 2.00 bits per heavy atom. The molecule has 3 heteroatoms. The van der Waals surface area contributed by atoms with Gasteiger partial charge in [0.15, 0.2) is 0 Å². The lowest BCUT2D eigenvalue weighted by Crippen LogP contribution is -2.04. The van der Waals surface area contributed by atoms with Gasteiger partial charge in [-0.1, -0.05) is 15.9 Å². The summed E-state index contributed by atoms with van der Waals surface area (Å²) in [5.74, 6) is 2.00. The van der Waals surface area contributed by atoms with Crippen LogP contribution in [0.15, 0.2) is 0 Å². The second kappa shape index (κ2) is 2.19. The predicted octanol–water partition coefficient (Wildman–Crippen LogP) is 1.16. The molecule has 1 radical (unpaired) electrons. The summed E-state index contributed by atoms with van der Waals surface area (Å²) in [4.78, 5) is 0. The Hall–Kier alpha value is 0.790. The van der Waals surface area contributed by atoms with Gasteiger partial charge in [0.05, 0.1) is 10.0 Å². The highest BCUT2D eigenvalue weighted by molar-refractivity contribution is 9.11. The molecule has 0 aromatic carbocycles. The number of hydrogen-bond donors (Lipinski definition) is 1. The Bertz CT molecular complexity index is 44.1. The summed E-state index contributed by atoms with van der Waals surface area (Å²) in [5.41, 5.74) is 0. The highest BCUT2D eigenvalue weighted by Gasteiger charge is 2.09. The molecule has 0 aliphatic carbocycles. The first-order valence-electron chi connectivity index (χ1n) is 1.74. The number of halogens is 1. The molecular formula is C3H5BrNS. The van der Waals surface area contributed by atoms with Gasteiger partial charge in [0.2, 0.25) is 0 Å². The Kier molecular flexibility index (Phi) is 1.80. The van der Waals surface area contributed by atoms with Crippen LogP contribution in [0.3, 0.4) is 0 Å². The van der Waals surface area contributed by atoms with E-state index in [1.165, 1.54) is 0 Å². The Labute approximate surface area is 50.0 Å². The molecule has 1 unspecified atom stereocenters. The minimum Gasteiger partial charge on any atom is -0.301 e. The molecule has 0 amide bonds. The number of rotatable bonds is 0. The minimum atomic E-state index is 0.609. The number of hydrogen-bond acceptors (Lipinski definition) is 2. The fraction of sp³-hybridized carbons (Fsp3) is 0.667. The van der Waals surface area contributed by atoms with Gasteiger partial charge < -0.3 is 5.32 Å². The molecule has 6 heavy (non-hydrogen) atoms. The third-order valence-corrected chi connectivity index (χ3v) is 2.31. The van der Waals surface area contributed by atoms with E-state index in [0.717, 1.165) is 6.54 Å². The van der Waals surface area contributed by atoms with Gasteiger partial charge in [0, 0.05) is 6.54 Å². The van der Waals surface area contributed by atoms with Gasteiger partial charge in [-0.25, -0.2) is 0 Å². The number of alkyl halides is 1. The lowest BCUT2D eigenvalue weighted by Gasteiger charge is -1.87. The van der Waals surface area contributed by atoms with Crippen LogP contribution < -0.4 is 5.32 Å². The molecule has 1 saturated heterocycles. The van der Waals surface area contributed by atoms with Crippen molar-refractivity contribution in [2.45, 2.75) is 4.16 Å².